The van der Waals surface area contributed by atoms with E-state index in [0.717, 1.165) is 15.6 Å². The largest absolute Gasteiger partial charge is 0.351 e. The van der Waals surface area contributed by atoms with Gasteiger partial charge in [0.2, 0.25) is 5.91 Å². The van der Waals surface area contributed by atoms with E-state index in [-0.39, 0.29) is 16.7 Å². The molecule has 0 saturated carbocycles. The van der Waals surface area contributed by atoms with Crippen molar-refractivity contribution >= 4 is 29.0 Å². The molecule has 1 heterocycles. The van der Waals surface area contributed by atoms with E-state index in [1.54, 1.807) is 11.3 Å². The van der Waals surface area contributed by atoms with Gasteiger partial charge in [-0.05, 0) is 27.7 Å². The van der Waals surface area contributed by atoms with Crippen molar-refractivity contribution in [3.63, 3.8) is 0 Å². The van der Waals surface area contributed by atoms with Crippen molar-refractivity contribution in [3.05, 3.63) is 35.7 Å². The van der Waals surface area contributed by atoms with Crippen LogP contribution in [0.1, 0.15) is 27.7 Å². The van der Waals surface area contributed by atoms with Gasteiger partial charge in [0.1, 0.15) is 0 Å². The third-order valence-electron chi connectivity index (χ3n) is 2.70. The Morgan fingerprint density at radius 1 is 1.29 bits per heavy atom. The van der Waals surface area contributed by atoms with Crippen molar-refractivity contribution in [1.82, 2.24) is 10.3 Å². The summed E-state index contributed by atoms with van der Waals surface area (Å²) in [5.41, 5.74) is 1.86. The minimum atomic E-state index is -0.204. The first kappa shape index (κ1) is 16.0. The van der Waals surface area contributed by atoms with Gasteiger partial charge >= 0.3 is 0 Å². The zero-order valence-electron chi connectivity index (χ0n) is 12.7. The smallest absolute Gasteiger partial charge is 0.233 e. The summed E-state index contributed by atoms with van der Waals surface area (Å²) in [6.45, 7) is 7.87. The summed E-state index contributed by atoms with van der Waals surface area (Å²) >= 11 is 3.08. The average Bonchev–Trinajstić information content (AvgIpc) is 2.86. The Kier molecular flexibility index (Phi) is 5.06. The Hall–Kier alpha value is -1.33. The molecule has 1 amide bonds. The van der Waals surface area contributed by atoms with Crippen LogP contribution in [-0.4, -0.2) is 21.7 Å². The van der Waals surface area contributed by atoms with Gasteiger partial charge in [0.05, 0.1) is 10.9 Å². The molecule has 21 heavy (non-hydrogen) atoms. The lowest BCUT2D eigenvalue weighted by atomic mass is 10.1. The first-order chi connectivity index (χ1) is 9.85. The van der Waals surface area contributed by atoms with E-state index in [2.05, 4.69) is 10.3 Å². The fourth-order valence-electron chi connectivity index (χ4n) is 1.73. The quantitative estimate of drug-likeness (QED) is 0.858. The lowest BCUT2D eigenvalue weighted by molar-refractivity contribution is -0.121. The number of hydrogen-bond donors (Lipinski definition) is 1. The normalized spacial score (nSPS) is 13.0. The third kappa shape index (κ3) is 4.86. The Morgan fingerprint density at radius 3 is 2.57 bits per heavy atom. The topological polar surface area (TPSA) is 42.0 Å². The minimum Gasteiger partial charge on any atom is -0.351 e. The number of nitrogens with zero attached hydrogens (tertiary/aromatic N) is 1. The number of benzene rings is 1. The van der Waals surface area contributed by atoms with Crippen molar-refractivity contribution in [3.8, 4) is 11.3 Å². The summed E-state index contributed by atoms with van der Waals surface area (Å²) in [4.78, 5) is 16.7. The van der Waals surface area contributed by atoms with Crippen LogP contribution >= 0.6 is 23.1 Å². The molecule has 1 atom stereocenters. The molecule has 2 rings (SSSR count). The van der Waals surface area contributed by atoms with Crippen LogP contribution in [0.4, 0.5) is 0 Å². The van der Waals surface area contributed by atoms with Crippen molar-refractivity contribution in [2.24, 2.45) is 0 Å². The summed E-state index contributed by atoms with van der Waals surface area (Å²) < 4.78 is 0.922. The van der Waals surface area contributed by atoms with E-state index in [1.165, 1.54) is 11.8 Å². The number of hydrogen-bond acceptors (Lipinski definition) is 4. The molecule has 0 spiro atoms. The van der Waals surface area contributed by atoms with Crippen LogP contribution in [0.15, 0.2) is 40.1 Å². The Bertz CT molecular complexity index is 602. The molecule has 1 aromatic carbocycles. The van der Waals surface area contributed by atoms with Crippen LogP contribution in [0.3, 0.4) is 0 Å². The van der Waals surface area contributed by atoms with Gasteiger partial charge in [-0.25, -0.2) is 4.98 Å². The van der Waals surface area contributed by atoms with Gasteiger partial charge in [0, 0.05) is 16.5 Å². The maximum absolute atomic E-state index is 12.1. The van der Waals surface area contributed by atoms with Crippen LogP contribution in [0, 0.1) is 0 Å². The number of rotatable bonds is 4. The van der Waals surface area contributed by atoms with E-state index < -0.39 is 0 Å². The SMILES string of the molecule is C[C@H](Sc1nc(-c2ccccc2)cs1)C(=O)NC(C)(C)C. The molecular formula is C16H20N2OS2. The monoisotopic (exact) mass is 320 g/mol. The van der Waals surface area contributed by atoms with Gasteiger partial charge in [-0.15, -0.1) is 11.3 Å². The van der Waals surface area contributed by atoms with Gasteiger partial charge in [-0.2, -0.15) is 0 Å². The average molecular weight is 320 g/mol. The van der Waals surface area contributed by atoms with Crippen LogP contribution in [0.25, 0.3) is 11.3 Å². The van der Waals surface area contributed by atoms with Gasteiger partial charge in [-0.3, -0.25) is 4.79 Å². The molecule has 3 nitrogen and oxygen atoms in total. The molecule has 0 radical (unpaired) electrons. The van der Waals surface area contributed by atoms with Crippen molar-refractivity contribution < 1.29 is 4.79 Å². The first-order valence-electron chi connectivity index (χ1n) is 6.85. The van der Waals surface area contributed by atoms with Crippen LogP contribution in [0.5, 0.6) is 0 Å². The summed E-state index contributed by atoms with van der Waals surface area (Å²) in [5.74, 6) is 0.0453. The van der Waals surface area contributed by atoms with Crippen LogP contribution in [-0.2, 0) is 4.79 Å². The highest BCUT2D eigenvalue weighted by atomic mass is 32.2. The highest BCUT2D eigenvalue weighted by Gasteiger charge is 2.21. The molecular weight excluding hydrogens is 300 g/mol. The number of nitrogens with one attached hydrogen (secondary N) is 1. The number of thiazole rings is 1. The zero-order chi connectivity index (χ0) is 15.5. The predicted octanol–water partition coefficient (Wildman–Crippen LogP) is 4.21. The number of carbonyl (C=O) groups is 1. The Balaban J connectivity index is 2.01. The Labute approximate surface area is 134 Å². The molecule has 0 unspecified atom stereocenters. The van der Waals surface area contributed by atoms with Crippen molar-refractivity contribution in [1.29, 1.82) is 0 Å². The van der Waals surface area contributed by atoms with Crippen LogP contribution < -0.4 is 5.32 Å². The fourth-order valence-corrected chi connectivity index (χ4v) is 3.70. The lowest BCUT2D eigenvalue weighted by Gasteiger charge is -2.22. The summed E-state index contributed by atoms with van der Waals surface area (Å²) in [7, 11) is 0. The molecule has 112 valence electrons. The second kappa shape index (κ2) is 6.62. The van der Waals surface area contributed by atoms with E-state index >= 15 is 0 Å². The summed E-state index contributed by atoms with van der Waals surface area (Å²) in [5, 5.41) is 4.87. The molecule has 0 aliphatic carbocycles. The van der Waals surface area contributed by atoms with E-state index in [9.17, 15) is 4.79 Å². The first-order valence-corrected chi connectivity index (χ1v) is 8.61. The predicted molar refractivity (Wildman–Crippen MR) is 90.8 cm³/mol. The Morgan fingerprint density at radius 2 is 1.95 bits per heavy atom. The standard InChI is InChI=1S/C16H20N2OS2/c1-11(14(19)18-16(2,3)4)21-15-17-13(10-20-15)12-8-6-5-7-9-12/h5-11H,1-4H3,(H,18,19)/t11-/m0/s1. The van der Waals surface area contributed by atoms with Gasteiger partial charge in [0.25, 0.3) is 0 Å². The summed E-state index contributed by atoms with van der Waals surface area (Å²) in [6.07, 6.45) is 0. The van der Waals surface area contributed by atoms with E-state index in [0.29, 0.717) is 0 Å². The molecule has 0 saturated heterocycles. The molecule has 0 aliphatic heterocycles. The molecule has 0 aliphatic rings. The maximum atomic E-state index is 12.1. The lowest BCUT2D eigenvalue weighted by Crippen LogP contribution is -2.44. The zero-order valence-corrected chi connectivity index (χ0v) is 14.3. The van der Waals surface area contributed by atoms with Crippen LogP contribution in [0.2, 0.25) is 0 Å². The molecule has 1 N–H and O–H groups in total. The highest BCUT2D eigenvalue weighted by molar-refractivity contribution is 8.02. The van der Waals surface area contributed by atoms with E-state index in [4.69, 9.17) is 0 Å². The maximum Gasteiger partial charge on any atom is 0.233 e. The molecule has 1 aromatic heterocycles. The molecule has 0 bridgehead atoms. The fraction of sp³-hybridized carbons (Fsp3) is 0.375. The third-order valence-corrected chi connectivity index (χ3v) is 4.77. The molecule has 2 aromatic rings. The summed E-state index contributed by atoms with van der Waals surface area (Å²) in [6, 6.07) is 10.1. The molecule has 0 fully saturated rings. The van der Waals surface area contributed by atoms with Crippen molar-refractivity contribution in [2.75, 3.05) is 0 Å². The van der Waals surface area contributed by atoms with Gasteiger partial charge in [0.15, 0.2) is 4.34 Å². The highest BCUT2D eigenvalue weighted by Crippen LogP contribution is 2.30. The minimum absolute atomic E-state index is 0.0453. The number of thioether (sulfide) groups is 1. The van der Waals surface area contributed by atoms with Gasteiger partial charge < -0.3 is 5.32 Å². The molecule has 5 heteroatoms. The van der Waals surface area contributed by atoms with Gasteiger partial charge in [-0.1, -0.05) is 42.1 Å². The number of amides is 1. The van der Waals surface area contributed by atoms with E-state index in [1.807, 2.05) is 63.4 Å². The number of carbonyl (C=O) groups excluding carboxylic acids is 1. The second-order valence-electron chi connectivity index (χ2n) is 5.86. The second-order valence-corrected chi connectivity index (χ2v) is 8.31. The number of aromatic nitrogens is 1. The van der Waals surface area contributed by atoms with Crippen molar-refractivity contribution in [2.45, 2.75) is 42.8 Å².